The summed E-state index contributed by atoms with van der Waals surface area (Å²) in [5.41, 5.74) is 8.23. The van der Waals surface area contributed by atoms with E-state index in [1.54, 1.807) is 4.90 Å². The van der Waals surface area contributed by atoms with Crippen LogP contribution in [0.5, 0.6) is 5.75 Å². The second-order valence-corrected chi connectivity index (χ2v) is 8.26. The topological polar surface area (TPSA) is 97.2 Å². The van der Waals surface area contributed by atoms with Crippen molar-refractivity contribution in [3.63, 3.8) is 0 Å². The molecule has 2 atom stereocenters. The van der Waals surface area contributed by atoms with Gasteiger partial charge < -0.3 is 15.4 Å². The zero-order valence-electron chi connectivity index (χ0n) is 18.4. The third-order valence-electron chi connectivity index (χ3n) is 5.86. The largest absolute Gasteiger partial charge is 0.458 e. The van der Waals surface area contributed by atoms with Crippen LogP contribution >= 0.6 is 0 Å². The molecule has 1 saturated heterocycles. The van der Waals surface area contributed by atoms with Crippen LogP contribution in [0.1, 0.15) is 41.9 Å². The lowest BCUT2D eigenvalue weighted by molar-refractivity contribution is 0.1000. The number of allylic oxidation sites excluding steroid dienone is 5. The zero-order valence-corrected chi connectivity index (χ0v) is 18.4. The molecule has 2 N–H and O–H groups in total. The molecule has 164 valence electrons. The van der Waals surface area contributed by atoms with Gasteiger partial charge in [0.25, 0.3) is 5.91 Å². The fourth-order valence-corrected chi connectivity index (χ4v) is 4.26. The van der Waals surface area contributed by atoms with Crippen LogP contribution in [0.3, 0.4) is 0 Å². The van der Waals surface area contributed by atoms with Gasteiger partial charge in [-0.15, -0.1) is 0 Å². The lowest BCUT2D eigenvalue weighted by atomic mass is 10.0. The smallest absolute Gasteiger partial charge is 0.252 e. The summed E-state index contributed by atoms with van der Waals surface area (Å²) in [4.78, 5) is 14.0. The fourth-order valence-electron chi connectivity index (χ4n) is 4.26. The van der Waals surface area contributed by atoms with Crippen molar-refractivity contribution in [3.8, 4) is 23.2 Å². The number of benzene rings is 1. The SMILES string of the molecule is Cc1c(C(N)=O)c(-c2ccc(OC3=CC(C)C=CC=C3)cc2)nn1[C@@H]1CCCN(C#N)C1. The van der Waals surface area contributed by atoms with Crippen molar-refractivity contribution in [2.24, 2.45) is 11.7 Å². The first-order chi connectivity index (χ1) is 15.5. The number of nitrogens with zero attached hydrogens (tertiary/aromatic N) is 4. The van der Waals surface area contributed by atoms with Gasteiger partial charge in [0.1, 0.15) is 17.2 Å². The summed E-state index contributed by atoms with van der Waals surface area (Å²) in [7, 11) is 0. The molecular weight excluding hydrogens is 402 g/mol. The van der Waals surface area contributed by atoms with E-state index in [2.05, 4.69) is 25.3 Å². The van der Waals surface area contributed by atoms with Crippen molar-refractivity contribution in [1.82, 2.24) is 14.7 Å². The molecule has 1 fully saturated rings. The molecule has 4 rings (SSSR count). The number of carbonyl (C=O) groups excluding carboxylic acids is 1. The molecule has 0 spiro atoms. The van der Waals surface area contributed by atoms with E-state index < -0.39 is 5.91 Å². The maximum atomic E-state index is 12.3. The van der Waals surface area contributed by atoms with E-state index in [0.29, 0.717) is 29.5 Å². The number of primary amides is 1. The van der Waals surface area contributed by atoms with Crippen molar-refractivity contribution in [1.29, 1.82) is 5.26 Å². The van der Waals surface area contributed by atoms with Crippen molar-refractivity contribution >= 4 is 5.91 Å². The molecular formula is C25H27N5O2. The molecule has 1 aliphatic carbocycles. The van der Waals surface area contributed by atoms with E-state index in [1.165, 1.54) is 0 Å². The number of hydrogen-bond acceptors (Lipinski definition) is 5. The first-order valence-corrected chi connectivity index (χ1v) is 10.8. The summed E-state index contributed by atoms with van der Waals surface area (Å²) in [5.74, 6) is 1.27. The van der Waals surface area contributed by atoms with Gasteiger partial charge in [-0.3, -0.25) is 9.48 Å². The van der Waals surface area contributed by atoms with Gasteiger partial charge in [0.15, 0.2) is 6.19 Å². The standard InChI is InChI=1S/C25H27N5O2/c1-17-6-3-4-8-22(14-17)32-21-11-9-19(10-12-21)24-23(25(27)31)18(2)30(28-24)20-7-5-13-29(15-20)16-26/h3-4,6,8-12,14,17,20H,5,7,13,15H2,1-2H3,(H2,27,31)/t17?,20-/m1/s1. The van der Waals surface area contributed by atoms with E-state index in [1.807, 2.05) is 54.1 Å². The molecule has 32 heavy (non-hydrogen) atoms. The molecule has 7 heteroatoms. The Balaban J connectivity index is 1.62. The highest BCUT2D eigenvalue weighted by Gasteiger charge is 2.27. The number of hydrogen-bond donors (Lipinski definition) is 1. The molecule has 0 saturated carbocycles. The van der Waals surface area contributed by atoms with Crippen LogP contribution in [0, 0.1) is 24.3 Å². The third-order valence-corrected chi connectivity index (χ3v) is 5.86. The van der Waals surface area contributed by atoms with E-state index in [-0.39, 0.29) is 6.04 Å². The van der Waals surface area contributed by atoms with Crippen molar-refractivity contribution < 1.29 is 9.53 Å². The predicted octanol–water partition coefficient (Wildman–Crippen LogP) is 4.10. The Hall–Kier alpha value is -3.79. The second kappa shape index (κ2) is 9.15. The van der Waals surface area contributed by atoms with E-state index in [4.69, 9.17) is 15.6 Å². The summed E-state index contributed by atoms with van der Waals surface area (Å²) in [6.07, 6.45) is 14.1. The molecule has 1 aromatic heterocycles. The van der Waals surface area contributed by atoms with Crippen LogP contribution < -0.4 is 10.5 Å². The van der Waals surface area contributed by atoms with Gasteiger partial charge in [-0.05, 0) is 62.1 Å². The van der Waals surface area contributed by atoms with Crippen LogP contribution in [0.4, 0.5) is 0 Å². The van der Waals surface area contributed by atoms with Crippen molar-refractivity contribution in [3.05, 3.63) is 71.7 Å². The van der Waals surface area contributed by atoms with Gasteiger partial charge in [0, 0.05) is 17.8 Å². The maximum absolute atomic E-state index is 12.3. The highest BCUT2D eigenvalue weighted by Crippen LogP contribution is 2.31. The van der Waals surface area contributed by atoms with E-state index in [0.717, 1.165) is 36.4 Å². The van der Waals surface area contributed by atoms with Crippen LogP contribution in [0.25, 0.3) is 11.3 Å². The number of piperidine rings is 1. The first kappa shape index (κ1) is 21.4. The molecule has 0 radical (unpaired) electrons. The quantitative estimate of drug-likeness (QED) is 0.722. The summed E-state index contributed by atoms with van der Waals surface area (Å²) in [5, 5.41) is 14.0. The molecule has 2 heterocycles. The third kappa shape index (κ3) is 4.45. The number of aromatic nitrogens is 2. The van der Waals surface area contributed by atoms with E-state index in [9.17, 15) is 10.1 Å². The van der Waals surface area contributed by atoms with Gasteiger partial charge in [-0.2, -0.15) is 10.4 Å². The van der Waals surface area contributed by atoms with Gasteiger partial charge in [0.05, 0.1) is 18.2 Å². The summed E-state index contributed by atoms with van der Waals surface area (Å²) in [6, 6.07) is 7.54. The van der Waals surface area contributed by atoms with Crippen LogP contribution in [0.15, 0.2) is 60.4 Å². The molecule has 2 aliphatic rings. The monoisotopic (exact) mass is 429 g/mol. The minimum atomic E-state index is -0.507. The second-order valence-electron chi connectivity index (χ2n) is 8.26. The lowest BCUT2D eigenvalue weighted by Crippen LogP contribution is -2.34. The molecule has 1 aliphatic heterocycles. The Kier molecular flexibility index (Phi) is 6.13. The molecule has 1 aromatic carbocycles. The summed E-state index contributed by atoms with van der Waals surface area (Å²) < 4.78 is 7.86. The summed E-state index contributed by atoms with van der Waals surface area (Å²) in [6.45, 7) is 5.30. The number of likely N-dealkylation sites (tertiary alicyclic amines) is 1. The van der Waals surface area contributed by atoms with Crippen LogP contribution in [-0.4, -0.2) is 33.7 Å². The lowest BCUT2D eigenvalue weighted by Gasteiger charge is -2.29. The minimum Gasteiger partial charge on any atom is -0.458 e. The average Bonchev–Trinajstić information content (AvgIpc) is 3.00. The fraction of sp³-hybridized carbons (Fsp3) is 0.320. The number of amides is 1. The van der Waals surface area contributed by atoms with Crippen LogP contribution in [-0.2, 0) is 0 Å². The Bertz CT molecular complexity index is 1130. The molecule has 0 bridgehead atoms. The number of carbonyl (C=O) groups is 1. The molecule has 7 nitrogen and oxygen atoms in total. The normalized spacial score (nSPS) is 20.4. The molecule has 2 aromatic rings. The Morgan fingerprint density at radius 3 is 2.78 bits per heavy atom. The highest BCUT2D eigenvalue weighted by atomic mass is 16.5. The summed E-state index contributed by atoms with van der Waals surface area (Å²) >= 11 is 0. The Labute approximate surface area is 188 Å². The number of nitriles is 1. The molecule has 1 amide bonds. The number of rotatable bonds is 5. The minimum absolute atomic E-state index is 0.0300. The van der Waals surface area contributed by atoms with Gasteiger partial charge in [0.2, 0.25) is 0 Å². The number of ether oxygens (including phenoxy) is 1. The highest BCUT2D eigenvalue weighted by molar-refractivity contribution is 6.00. The van der Waals surface area contributed by atoms with Crippen molar-refractivity contribution in [2.45, 2.75) is 32.7 Å². The van der Waals surface area contributed by atoms with Crippen LogP contribution in [0.2, 0.25) is 0 Å². The van der Waals surface area contributed by atoms with E-state index >= 15 is 0 Å². The average molecular weight is 430 g/mol. The zero-order chi connectivity index (χ0) is 22.7. The number of nitrogens with two attached hydrogens (primary N) is 1. The van der Waals surface area contributed by atoms with Crippen molar-refractivity contribution in [2.75, 3.05) is 13.1 Å². The first-order valence-electron chi connectivity index (χ1n) is 10.8. The predicted molar refractivity (Wildman–Crippen MR) is 123 cm³/mol. The van der Waals surface area contributed by atoms with Gasteiger partial charge in [-0.25, -0.2) is 0 Å². The Morgan fingerprint density at radius 2 is 2.06 bits per heavy atom. The van der Waals surface area contributed by atoms with Gasteiger partial charge >= 0.3 is 0 Å². The maximum Gasteiger partial charge on any atom is 0.252 e. The molecule has 1 unspecified atom stereocenters. The van der Waals surface area contributed by atoms with Gasteiger partial charge in [-0.1, -0.05) is 25.2 Å². The Morgan fingerprint density at radius 1 is 1.28 bits per heavy atom.